The van der Waals surface area contributed by atoms with E-state index in [4.69, 9.17) is 9.69 Å². The van der Waals surface area contributed by atoms with Crippen LogP contribution in [0.4, 0.5) is 0 Å². The summed E-state index contributed by atoms with van der Waals surface area (Å²) < 4.78 is 6.13. The molecule has 1 heterocycles. The van der Waals surface area contributed by atoms with Crippen LogP contribution in [0.1, 0.15) is 38.3 Å². The van der Waals surface area contributed by atoms with Gasteiger partial charge in [-0.05, 0) is 30.6 Å². The van der Waals surface area contributed by atoms with E-state index in [9.17, 15) is 0 Å². The first kappa shape index (κ1) is 14.9. The van der Waals surface area contributed by atoms with Crippen molar-refractivity contribution < 1.29 is 4.43 Å². The van der Waals surface area contributed by atoms with Gasteiger partial charge in [0.05, 0.1) is 30.0 Å². The lowest BCUT2D eigenvalue weighted by Gasteiger charge is -2.32. The van der Waals surface area contributed by atoms with Gasteiger partial charge >= 0.3 is 0 Å². The second kappa shape index (κ2) is 6.12. The van der Waals surface area contributed by atoms with Crippen LogP contribution in [0.15, 0.2) is 18.2 Å². The fourth-order valence-corrected chi connectivity index (χ4v) is 2.91. The van der Waals surface area contributed by atoms with Crippen molar-refractivity contribution in [2.45, 2.75) is 46.4 Å². The SMILES string of the molecule is C[SiH](C)OC(c1cccc(CC#N)n1)C(C)(C)C. The number of rotatable bonds is 4. The molecule has 98 valence electrons. The standard InChI is InChI=1S/C14H22N2OSi/c1-14(2,3)13(17-18(4)5)12-8-6-7-11(16-12)9-10-15/h6-8,13,18H,9H2,1-5H3. The van der Waals surface area contributed by atoms with E-state index in [1.165, 1.54) is 0 Å². The largest absolute Gasteiger partial charge is 0.412 e. The van der Waals surface area contributed by atoms with Gasteiger partial charge in [0.15, 0.2) is 9.04 Å². The Hall–Kier alpha value is -1.18. The second-order valence-corrected chi connectivity index (χ2v) is 8.19. The summed E-state index contributed by atoms with van der Waals surface area (Å²) in [7, 11) is -1.13. The predicted octanol–water partition coefficient (Wildman–Crippen LogP) is 3.23. The summed E-state index contributed by atoms with van der Waals surface area (Å²) in [6.07, 6.45) is 0.354. The first-order chi connectivity index (χ1) is 8.34. The average Bonchev–Trinajstić information content (AvgIpc) is 2.25. The molecule has 0 aliphatic rings. The second-order valence-electron chi connectivity index (χ2n) is 5.82. The maximum atomic E-state index is 8.74. The van der Waals surface area contributed by atoms with Gasteiger partial charge in [-0.25, -0.2) is 0 Å². The first-order valence-corrected chi connectivity index (χ1v) is 9.11. The summed E-state index contributed by atoms with van der Waals surface area (Å²) in [5.74, 6) is 0. The zero-order valence-electron chi connectivity index (χ0n) is 11.9. The molecule has 0 spiro atoms. The smallest absolute Gasteiger partial charge is 0.171 e. The molecule has 0 aliphatic heterocycles. The van der Waals surface area contributed by atoms with Crippen molar-refractivity contribution in [1.82, 2.24) is 4.98 Å². The number of aromatic nitrogens is 1. The van der Waals surface area contributed by atoms with Crippen molar-refractivity contribution >= 4 is 9.04 Å². The van der Waals surface area contributed by atoms with Crippen LogP contribution in [0.2, 0.25) is 13.1 Å². The van der Waals surface area contributed by atoms with Crippen LogP contribution in [0.5, 0.6) is 0 Å². The van der Waals surface area contributed by atoms with Crippen molar-refractivity contribution in [3.05, 3.63) is 29.6 Å². The molecule has 0 bridgehead atoms. The van der Waals surface area contributed by atoms with Crippen molar-refractivity contribution in [2.24, 2.45) is 5.41 Å². The fourth-order valence-electron chi connectivity index (χ4n) is 1.81. The maximum absolute atomic E-state index is 8.74. The lowest BCUT2D eigenvalue weighted by atomic mass is 9.87. The van der Waals surface area contributed by atoms with Gasteiger partial charge in [0.2, 0.25) is 0 Å². The Kier molecular flexibility index (Phi) is 5.06. The Balaban J connectivity index is 3.05. The molecule has 18 heavy (non-hydrogen) atoms. The predicted molar refractivity (Wildman–Crippen MR) is 75.7 cm³/mol. The molecule has 1 atom stereocenters. The number of pyridine rings is 1. The Labute approximate surface area is 112 Å². The zero-order valence-corrected chi connectivity index (χ0v) is 13.1. The van der Waals surface area contributed by atoms with Crippen LogP contribution in [0.25, 0.3) is 0 Å². The molecular formula is C14H22N2OSi. The maximum Gasteiger partial charge on any atom is 0.171 e. The van der Waals surface area contributed by atoms with Gasteiger partial charge < -0.3 is 4.43 Å². The average molecular weight is 262 g/mol. The molecule has 0 N–H and O–H groups in total. The monoisotopic (exact) mass is 262 g/mol. The van der Waals surface area contributed by atoms with E-state index < -0.39 is 9.04 Å². The van der Waals surface area contributed by atoms with Gasteiger partial charge in [-0.3, -0.25) is 4.98 Å². The van der Waals surface area contributed by atoms with Crippen LogP contribution < -0.4 is 0 Å². The van der Waals surface area contributed by atoms with Crippen LogP contribution >= 0.6 is 0 Å². The minimum absolute atomic E-state index is 0.00260. The van der Waals surface area contributed by atoms with E-state index in [1.54, 1.807) is 0 Å². The molecule has 0 aromatic carbocycles. The van der Waals surface area contributed by atoms with Gasteiger partial charge in [0, 0.05) is 0 Å². The number of hydrogen-bond acceptors (Lipinski definition) is 3. The van der Waals surface area contributed by atoms with Crippen LogP contribution in [-0.4, -0.2) is 14.0 Å². The molecule has 0 saturated heterocycles. The number of nitriles is 1. The molecular weight excluding hydrogens is 240 g/mol. The minimum atomic E-state index is -1.13. The van der Waals surface area contributed by atoms with Gasteiger partial charge in [0.1, 0.15) is 0 Å². The Bertz CT molecular complexity index is 432. The molecule has 3 nitrogen and oxygen atoms in total. The molecule has 1 aromatic rings. The van der Waals surface area contributed by atoms with Crippen molar-refractivity contribution in [3.63, 3.8) is 0 Å². The third kappa shape index (κ3) is 4.24. The third-order valence-corrected chi connectivity index (χ3v) is 3.37. The highest BCUT2D eigenvalue weighted by atomic mass is 28.3. The highest BCUT2D eigenvalue weighted by Gasteiger charge is 2.29. The van der Waals surface area contributed by atoms with Gasteiger partial charge in [-0.15, -0.1) is 0 Å². The van der Waals surface area contributed by atoms with Crippen LogP contribution in [0, 0.1) is 16.7 Å². The molecule has 4 heteroatoms. The highest BCUT2D eigenvalue weighted by Crippen LogP contribution is 2.35. The van der Waals surface area contributed by atoms with Crippen molar-refractivity contribution in [1.29, 1.82) is 5.26 Å². The molecule has 1 rings (SSSR count). The van der Waals surface area contributed by atoms with Crippen LogP contribution in [-0.2, 0) is 10.8 Å². The van der Waals surface area contributed by atoms with E-state index in [0.717, 1.165) is 11.4 Å². The highest BCUT2D eigenvalue weighted by molar-refractivity contribution is 6.48. The molecule has 0 saturated carbocycles. The van der Waals surface area contributed by atoms with E-state index in [-0.39, 0.29) is 11.5 Å². The lowest BCUT2D eigenvalue weighted by Crippen LogP contribution is -2.26. The first-order valence-electron chi connectivity index (χ1n) is 6.33. The van der Waals surface area contributed by atoms with Gasteiger partial charge in [-0.2, -0.15) is 5.26 Å². The molecule has 0 aliphatic carbocycles. The summed E-state index contributed by atoms with van der Waals surface area (Å²) in [5, 5.41) is 8.74. The summed E-state index contributed by atoms with van der Waals surface area (Å²) >= 11 is 0. The van der Waals surface area contributed by atoms with Gasteiger partial charge in [-0.1, -0.05) is 26.8 Å². The summed E-state index contributed by atoms with van der Waals surface area (Å²) in [6, 6.07) is 7.97. The quantitative estimate of drug-likeness (QED) is 0.783. The summed E-state index contributed by atoms with van der Waals surface area (Å²) in [5.41, 5.74) is 1.77. The van der Waals surface area contributed by atoms with Gasteiger partial charge in [0.25, 0.3) is 0 Å². The zero-order chi connectivity index (χ0) is 13.8. The Morgan fingerprint density at radius 1 is 1.39 bits per heavy atom. The van der Waals surface area contributed by atoms with Crippen molar-refractivity contribution in [3.8, 4) is 6.07 Å². The van der Waals surface area contributed by atoms with E-state index in [2.05, 4.69) is 44.9 Å². The molecule has 1 unspecified atom stereocenters. The minimum Gasteiger partial charge on any atom is -0.412 e. The molecule has 0 amide bonds. The lowest BCUT2D eigenvalue weighted by molar-refractivity contribution is 0.0826. The van der Waals surface area contributed by atoms with Crippen LogP contribution in [0.3, 0.4) is 0 Å². The normalized spacial score (nSPS) is 13.4. The van der Waals surface area contributed by atoms with E-state index in [0.29, 0.717) is 6.42 Å². The van der Waals surface area contributed by atoms with Crippen molar-refractivity contribution in [2.75, 3.05) is 0 Å². The summed E-state index contributed by atoms with van der Waals surface area (Å²) in [4.78, 5) is 4.56. The van der Waals surface area contributed by atoms with E-state index >= 15 is 0 Å². The van der Waals surface area contributed by atoms with E-state index in [1.807, 2.05) is 18.2 Å². The summed E-state index contributed by atoms with van der Waals surface area (Å²) in [6.45, 7) is 10.8. The molecule has 0 radical (unpaired) electrons. The fraction of sp³-hybridized carbons (Fsp3) is 0.571. The Morgan fingerprint density at radius 2 is 2.06 bits per heavy atom. The number of hydrogen-bond donors (Lipinski definition) is 0. The third-order valence-electron chi connectivity index (χ3n) is 2.55. The Morgan fingerprint density at radius 3 is 2.56 bits per heavy atom. The number of nitrogens with zero attached hydrogens (tertiary/aromatic N) is 2. The molecule has 0 fully saturated rings. The topological polar surface area (TPSA) is 45.9 Å². The molecule has 1 aromatic heterocycles.